The first kappa shape index (κ1) is 21.7. The highest BCUT2D eigenvalue weighted by molar-refractivity contribution is 7.17. The minimum atomic E-state index is -0.451. The van der Waals surface area contributed by atoms with Crippen molar-refractivity contribution in [2.45, 2.75) is 13.1 Å². The van der Waals surface area contributed by atoms with E-state index in [0.717, 1.165) is 11.1 Å². The van der Waals surface area contributed by atoms with Gasteiger partial charge in [-0.2, -0.15) is 4.98 Å². The smallest absolute Gasteiger partial charge is 0.332 e. The third-order valence-electron chi connectivity index (χ3n) is 5.43. The van der Waals surface area contributed by atoms with Gasteiger partial charge in [0.15, 0.2) is 0 Å². The van der Waals surface area contributed by atoms with E-state index in [9.17, 15) is 9.59 Å². The van der Waals surface area contributed by atoms with Gasteiger partial charge in [-0.1, -0.05) is 29.4 Å². The molecule has 0 atom stereocenters. The SMILES string of the molecule is COc1ccc(Cn2c(=O)c3sccc3n(Cc3nc(-c4cccc(OC)c4)no3)c2=O)cc1. The summed E-state index contributed by atoms with van der Waals surface area (Å²) in [5, 5.41) is 5.83. The summed E-state index contributed by atoms with van der Waals surface area (Å²) in [5.74, 6) is 2.01. The maximum Gasteiger partial charge on any atom is 0.332 e. The molecule has 0 radical (unpaired) electrons. The molecule has 0 spiro atoms. The van der Waals surface area contributed by atoms with Crippen molar-refractivity contribution in [2.75, 3.05) is 14.2 Å². The zero-order valence-corrected chi connectivity index (χ0v) is 19.2. The molecular formula is C24H20N4O5S. The number of rotatable bonds is 7. The number of fused-ring (bicyclic) bond motifs is 1. The molecule has 0 fully saturated rings. The Balaban J connectivity index is 1.52. The Morgan fingerprint density at radius 3 is 2.50 bits per heavy atom. The number of thiophene rings is 1. The van der Waals surface area contributed by atoms with Crippen molar-refractivity contribution in [3.8, 4) is 22.9 Å². The summed E-state index contributed by atoms with van der Waals surface area (Å²) in [6.07, 6.45) is 0. The van der Waals surface area contributed by atoms with Gasteiger partial charge in [0.05, 0.1) is 26.3 Å². The monoisotopic (exact) mass is 476 g/mol. The summed E-state index contributed by atoms with van der Waals surface area (Å²) in [5.41, 5.74) is 1.29. The molecule has 0 amide bonds. The summed E-state index contributed by atoms with van der Waals surface area (Å²) < 4.78 is 19.1. The average molecular weight is 477 g/mol. The molecule has 172 valence electrons. The fourth-order valence-corrected chi connectivity index (χ4v) is 4.52. The van der Waals surface area contributed by atoms with E-state index in [1.54, 1.807) is 43.9 Å². The first-order valence-corrected chi connectivity index (χ1v) is 11.3. The third-order valence-corrected chi connectivity index (χ3v) is 6.32. The Morgan fingerprint density at radius 2 is 1.74 bits per heavy atom. The molecule has 0 aliphatic carbocycles. The molecule has 10 heteroatoms. The van der Waals surface area contributed by atoms with Crippen molar-refractivity contribution in [3.05, 3.63) is 92.3 Å². The summed E-state index contributed by atoms with van der Waals surface area (Å²) in [4.78, 5) is 30.9. The minimum absolute atomic E-state index is 0.0337. The summed E-state index contributed by atoms with van der Waals surface area (Å²) >= 11 is 1.29. The van der Waals surface area contributed by atoms with Crippen LogP contribution in [0.5, 0.6) is 11.5 Å². The van der Waals surface area contributed by atoms with E-state index in [4.69, 9.17) is 14.0 Å². The molecule has 9 nitrogen and oxygen atoms in total. The van der Waals surface area contributed by atoms with Gasteiger partial charge in [0.1, 0.15) is 22.7 Å². The summed E-state index contributed by atoms with van der Waals surface area (Å²) in [6.45, 7) is 0.167. The highest BCUT2D eigenvalue weighted by Crippen LogP contribution is 2.22. The quantitative estimate of drug-likeness (QED) is 0.355. The van der Waals surface area contributed by atoms with Crippen LogP contribution in [-0.4, -0.2) is 33.5 Å². The standard InChI is InChI=1S/C24H20N4O5S/c1-31-17-8-6-15(7-9-17)13-28-23(29)21-19(10-11-34-21)27(24(28)30)14-20-25-22(26-33-20)16-4-3-5-18(12-16)32-2/h3-12H,13-14H2,1-2H3. The normalized spacial score (nSPS) is 11.1. The molecule has 0 aliphatic heterocycles. The average Bonchev–Trinajstić information content (AvgIpc) is 3.55. The van der Waals surface area contributed by atoms with Gasteiger partial charge in [-0.3, -0.25) is 13.9 Å². The predicted molar refractivity (Wildman–Crippen MR) is 128 cm³/mol. The van der Waals surface area contributed by atoms with Crippen LogP contribution >= 0.6 is 11.3 Å². The zero-order chi connectivity index (χ0) is 23.7. The van der Waals surface area contributed by atoms with Crippen LogP contribution in [0.1, 0.15) is 11.5 Å². The Bertz CT molecular complexity index is 1580. The molecular weight excluding hydrogens is 456 g/mol. The van der Waals surface area contributed by atoms with E-state index in [2.05, 4.69) is 10.1 Å². The van der Waals surface area contributed by atoms with E-state index < -0.39 is 5.69 Å². The molecule has 5 rings (SSSR count). The third kappa shape index (κ3) is 3.99. The predicted octanol–water partition coefficient (Wildman–Crippen LogP) is 3.39. The van der Waals surface area contributed by atoms with Crippen LogP contribution in [0.3, 0.4) is 0 Å². The first-order valence-electron chi connectivity index (χ1n) is 10.4. The topological polar surface area (TPSA) is 101 Å². The number of hydrogen-bond acceptors (Lipinski definition) is 8. The first-order chi connectivity index (χ1) is 16.6. The number of nitrogens with zero attached hydrogens (tertiary/aromatic N) is 4. The molecule has 0 aliphatic rings. The lowest BCUT2D eigenvalue weighted by Gasteiger charge is -2.11. The Labute approximate surface area is 197 Å². The van der Waals surface area contributed by atoms with Gasteiger partial charge in [0, 0.05) is 5.56 Å². The number of methoxy groups -OCH3 is 2. The lowest BCUT2D eigenvalue weighted by atomic mass is 10.2. The van der Waals surface area contributed by atoms with Gasteiger partial charge >= 0.3 is 5.69 Å². The largest absolute Gasteiger partial charge is 0.497 e. The van der Waals surface area contributed by atoms with Gasteiger partial charge in [0.25, 0.3) is 5.56 Å². The van der Waals surface area contributed by atoms with Crippen molar-refractivity contribution in [2.24, 2.45) is 0 Å². The van der Waals surface area contributed by atoms with Crippen LogP contribution < -0.4 is 20.7 Å². The maximum atomic E-state index is 13.4. The molecule has 3 heterocycles. The second kappa shape index (κ2) is 8.99. The lowest BCUT2D eigenvalue weighted by Crippen LogP contribution is -2.40. The summed E-state index contributed by atoms with van der Waals surface area (Å²) in [7, 11) is 3.17. The molecule has 0 saturated heterocycles. The Kier molecular flexibility index (Phi) is 5.72. The number of ether oxygens (including phenoxy) is 2. The highest BCUT2D eigenvalue weighted by Gasteiger charge is 2.18. The van der Waals surface area contributed by atoms with E-state index in [-0.39, 0.29) is 24.5 Å². The molecule has 5 aromatic rings. The number of aromatic nitrogens is 4. The van der Waals surface area contributed by atoms with Gasteiger partial charge in [-0.05, 0) is 41.3 Å². The fraction of sp³-hybridized carbons (Fsp3) is 0.167. The van der Waals surface area contributed by atoms with E-state index in [0.29, 0.717) is 27.5 Å². The maximum absolute atomic E-state index is 13.4. The number of benzene rings is 2. The molecule has 0 N–H and O–H groups in total. The second-order valence-electron chi connectivity index (χ2n) is 7.49. The van der Waals surface area contributed by atoms with Crippen molar-refractivity contribution < 1.29 is 14.0 Å². The highest BCUT2D eigenvalue weighted by atomic mass is 32.1. The van der Waals surface area contributed by atoms with Crippen LogP contribution in [-0.2, 0) is 13.1 Å². The second-order valence-corrected chi connectivity index (χ2v) is 8.40. The van der Waals surface area contributed by atoms with Crippen molar-refractivity contribution in [1.29, 1.82) is 0 Å². The van der Waals surface area contributed by atoms with Gasteiger partial charge in [-0.15, -0.1) is 11.3 Å². The molecule has 3 aromatic heterocycles. The van der Waals surface area contributed by atoms with Crippen molar-refractivity contribution in [1.82, 2.24) is 19.3 Å². The molecule has 34 heavy (non-hydrogen) atoms. The van der Waals surface area contributed by atoms with Gasteiger partial charge in [0.2, 0.25) is 11.7 Å². The molecule has 0 unspecified atom stereocenters. The minimum Gasteiger partial charge on any atom is -0.497 e. The van der Waals surface area contributed by atoms with Crippen LogP contribution in [0.4, 0.5) is 0 Å². The molecule has 0 bridgehead atoms. The van der Waals surface area contributed by atoms with Crippen LogP contribution in [0.15, 0.2) is 74.1 Å². The summed E-state index contributed by atoms with van der Waals surface area (Å²) in [6, 6.07) is 16.3. The Morgan fingerprint density at radius 1 is 0.941 bits per heavy atom. The van der Waals surface area contributed by atoms with Crippen molar-refractivity contribution >= 4 is 21.6 Å². The van der Waals surface area contributed by atoms with E-state index in [1.165, 1.54) is 20.5 Å². The van der Waals surface area contributed by atoms with Gasteiger partial charge < -0.3 is 14.0 Å². The van der Waals surface area contributed by atoms with Crippen LogP contribution in [0.25, 0.3) is 21.6 Å². The van der Waals surface area contributed by atoms with Crippen LogP contribution in [0.2, 0.25) is 0 Å². The fourth-order valence-electron chi connectivity index (χ4n) is 3.67. The van der Waals surface area contributed by atoms with E-state index in [1.807, 2.05) is 30.3 Å². The molecule has 2 aromatic carbocycles. The molecule has 0 saturated carbocycles. The number of hydrogen-bond donors (Lipinski definition) is 0. The Hall–Kier alpha value is -4.18. The zero-order valence-electron chi connectivity index (χ0n) is 18.4. The van der Waals surface area contributed by atoms with Gasteiger partial charge in [-0.25, -0.2) is 4.79 Å². The lowest BCUT2D eigenvalue weighted by molar-refractivity contribution is 0.369. The van der Waals surface area contributed by atoms with Crippen LogP contribution in [0, 0.1) is 0 Å². The van der Waals surface area contributed by atoms with E-state index >= 15 is 0 Å². The van der Waals surface area contributed by atoms with Crippen molar-refractivity contribution in [3.63, 3.8) is 0 Å².